The highest BCUT2D eigenvalue weighted by Crippen LogP contribution is 2.24. The summed E-state index contributed by atoms with van der Waals surface area (Å²) in [7, 11) is 2.03. The molecule has 0 amide bonds. The third-order valence-electron chi connectivity index (χ3n) is 3.06. The summed E-state index contributed by atoms with van der Waals surface area (Å²) in [5, 5.41) is 21.7. The van der Waals surface area contributed by atoms with E-state index in [9.17, 15) is 0 Å². The molecular weight excluding hydrogens is 236 g/mol. The largest absolute Gasteiger partial charge is 0.396 e. The van der Waals surface area contributed by atoms with Crippen LogP contribution in [0.15, 0.2) is 5.16 Å². The maximum Gasteiger partial charge on any atom is 0.190 e. The Labute approximate surface area is 106 Å². The molecule has 1 aliphatic rings. The van der Waals surface area contributed by atoms with Crippen molar-refractivity contribution in [3.63, 3.8) is 0 Å². The average molecular weight is 256 g/mol. The van der Waals surface area contributed by atoms with Gasteiger partial charge in [-0.25, -0.2) is 0 Å². The van der Waals surface area contributed by atoms with E-state index in [1.165, 1.54) is 12.8 Å². The molecule has 1 aliphatic heterocycles. The Kier molecular flexibility index (Phi) is 4.82. The highest BCUT2D eigenvalue weighted by molar-refractivity contribution is 7.99. The standard InChI is InChI=1S/C11H20N4OS/c1-15-10(9-4-2-5-12-8-9)13-14-11(15)17-7-3-6-16/h9,12,16H,2-8H2,1H3/t9-/m0/s1. The Morgan fingerprint density at radius 2 is 2.41 bits per heavy atom. The molecule has 2 rings (SSSR count). The summed E-state index contributed by atoms with van der Waals surface area (Å²) in [6, 6.07) is 0. The smallest absolute Gasteiger partial charge is 0.190 e. The Hall–Kier alpha value is -0.590. The van der Waals surface area contributed by atoms with Gasteiger partial charge in [-0.05, 0) is 25.8 Å². The van der Waals surface area contributed by atoms with Crippen LogP contribution in [0.5, 0.6) is 0 Å². The van der Waals surface area contributed by atoms with Gasteiger partial charge in [-0.3, -0.25) is 0 Å². The molecule has 1 saturated heterocycles. The van der Waals surface area contributed by atoms with Crippen LogP contribution in [-0.4, -0.2) is 45.3 Å². The molecule has 0 spiro atoms. The second-order valence-electron chi connectivity index (χ2n) is 4.37. The van der Waals surface area contributed by atoms with Crippen molar-refractivity contribution in [3.05, 3.63) is 5.82 Å². The minimum absolute atomic E-state index is 0.240. The predicted octanol–water partition coefficient (Wildman–Crippen LogP) is 0.757. The molecule has 1 aromatic rings. The SMILES string of the molecule is Cn1c(SCCCO)nnc1[C@H]1CCCNC1. The number of rotatable bonds is 5. The van der Waals surface area contributed by atoms with Gasteiger partial charge in [0.1, 0.15) is 5.82 Å². The van der Waals surface area contributed by atoms with E-state index < -0.39 is 0 Å². The Bertz CT molecular complexity index is 349. The zero-order chi connectivity index (χ0) is 12.1. The van der Waals surface area contributed by atoms with E-state index in [4.69, 9.17) is 5.11 Å². The van der Waals surface area contributed by atoms with Gasteiger partial charge in [-0.1, -0.05) is 11.8 Å². The van der Waals surface area contributed by atoms with Crippen molar-refractivity contribution in [1.29, 1.82) is 0 Å². The van der Waals surface area contributed by atoms with Crippen molar-refractivity contribution in [2.45, 2.75) is 30.3 Å². The van der Waals surface area contributed by atoms with Gasteiger partial charge in [-0.2, -0.15) is 0 Å². The lowest BCUT2D eigenvalue weighted by Gasteiger charge is -2.21. The maximum absolute atomic E-state index is 8.76. The second-order valence-corrected chi connectivity index (χ2v) is 5.43. The number of aliphatic hydroxyl groups is 1. The monoisotopic (exact) mass is 256 g/mol. The molecule has 0 unspecified atom stereocenters. The lowest BCUT2D eigenvalue weighted by atomic mass is 9.99. The van der Waals surface area contributed by atoms with Crippen LogP contribution in [-0.2, 0) is 7.05 Å². The summed E-state index contributed by atoms with van der Waals surface area (Å²) in [5.41, 5.74) is 0. The molecule has 0 aromatic carbocycles. The Morgan fingerprint density at radius 1 is 1.53 bits per heavy atom. The summed E-state index contributed by atoms with van der Waals surface area (Å²) >= 11 is 1.67. The number of nitrogens with one attached hydrogen (secondary N) is 1. The minimum Gasteiger partial charge on any atom is -0.396 e. The van der Waals surface area contributed by atoms with Gasteiger partial charge in [0.15, 0.2) is 5.16 Å². The van der Waals surface area contributed by atoms with Crippen LogP contribution in [0, 0.1) is 0 Å². The molecular formula is C11H20N4OS. The van der Waals surface area contributed by atoms with Crippen LogP contribution >= 0.6 is 11.8 Å². The average Bonchev–Trinajstić information content (AvgIpc) is 2.73. The Balaban J connectivity index is 1.98. The van der Waals surface area contributed by atoms with Crippen molar-refractivity contribution in [1.82, 2.24) is 20.1 Å². The summed E-state index contributed by atoms with van der Waals surface area (Å²) in [6.45, 7) is 2.37. The predicted molar refractivity (Wildman–Crippen MR) is 68.3 cm³/mol. The fraction of sp³-hybridized carbons (Fsp3) is 0.818. The molecule has 5 nitrogen and oxygen atoms in total. The van der Waals surface area contributed by atoms with Crippen LogP contribution in [0.3, 0.4) is 0 Å². The van der Waals surface area contributed by atoms with E-state index in [-0.39, 0.29) is 6.61 Å². The molecule has 6 heteroatoms. The molecule has 2 heterocycles. The first-order valence-corrected chi connectivity index (χ1v) is 7.15. The van der Waals surface area contributed by atoms with E-state index in [0.29, 0.717) is 5.92 Å². The molecule has 17 heavy (non-hydrogen) atoms. The number of piperidine rings is 1. The van der Waals surface area contributed by atoms with E-state index in [1.807, 2.05) is 7.05 Å². The molecule has 0 saturated carbocycles. The number of hydrogen-bond acceptors (Lipinski definition) is 5. The maximum atomic E-state index is 8.76. The first kappa shape index (κ1) is 12.9. The fourth-order valence-corrected chi connectivity index (χ4v) is 2.95. The first-order chi connectivity index (χ1) is 8.33. The molecule has 0 aliphatic carbocycles. The highest BCUT2D eigenvalue weighted by atomic mass is 32.2. The quantitative estimate of drug-likeness (QED) is 0.601. The molecule has 1 atom stereocenters. The molecule has 96 valence electrons. The summed E-state index contributed by atoms with van der Waals surface area (Å²) < 4.78 is 2.10. The topological polar surface area (TPSA) is 63.0 Å². The minimum atomic E-state index is 0.240. The van der Waals surface area contributed by atoms with Gasteiger partial charge in [-0.15, -0.1) is 10.2 Å². The number of aliphatic hydroxyl groups excluding tert-OH is 1. The van der Waals surface area contributed by atoms with Gasteiger partial charge in [0, 0.05) is 31.9 Å². The van der Waals surface area contributed by atoms with Gasteiger partial charge >= 0.3 is 0 Å². The Morgan fingerprint density at radius 3 is 3.12 bits per heavy atom. The zero-order valence-electron chi connectivity index (χ0n) is 10.2. The van der Waals surface area contributed by atoms with Crippen LogP contribution in [0.2, 0.25) is 0 Å². The normalized spacial score (nSPS) is 20.7. The van der Waals surface area contributed by atoms with Crippen molar-refractivity contribution < 1.29 is 5.11 Å². The molecule has 0 bridgehead atoms. The summed E-state index contributed by atoms with van der Waals surface area (Å²) in [4.78, 5) is 0. The second kappa shape index (κ2) is 6.37. The summed E-state index contributed by atoms with van der Waals surface area (Å²) in [5.74, 6) is 2.47. The number of nitrogens with zero attached hydrogens (tertiary/aromatic N) is 3. The van der Waals surface area contributed by atoms with Gasteiger partial charge < -0.3 is 15.0 Å². The lowest BCUT2D eigenvalue weighted by Crippen LogP contribution is -2.29. The zero-order valence-corrected chi connectivity index (χ0v) is 11.0. The first-order valence-electron chi connectivity index (χ1n) is 6.16. The highest BCUT2D eigenvalue weighted by Gasteiger charge is 2.21. The van der Waals surface area contributed by atoms with Crippen molar-refractivity contribution in [3.8, 4) is 0 Å². The van der Waals surface area contributed by atoms with E-state index in [1.54, 1.807) is 11.8 Å². The van der Waals surface area contributed by atoms with E-state index >= 15 is 0 Å². The van der Waals surface area contributed by atoms with Crippen LogP contribution in [0.25, 0.3) is 0 Å². The molecule has 0 radical (unpaired) electrons. The van der Waals surface area contributed by atoms with E-state index in [0.717, 1.165) is 36.2 Å². The fourth-order valence-electron chi connectivity index (χ4n) is 2.11. The van der Waals surface area contributed by atoms with Gasteiger partial charge in [0.2, 0.25) is 0 Å². The molecule has 1 aromatic heterocycles. The number of aromatic nitrogens is 3. The van der Waals surface area contributed by atoms with Gasteiger partial charge in [0.25, 0.3) is 0 Å². The van der Waals surface area contributed by atoms with Crippen LogP contribution < -0.4 is 5.32 Å². The molecule has 2 N–H and O–H groups in total. The van der Waals surface area contributed by atoms with Crippen molar-refractivity contribution in [2.24, 2.45) is 7.05 Å². The van der Waals surface area contributed by atoms with Crippen molar-refractivity contribution in [2.75, 3.05) is 25.4 Å². The van der Waals surface area contributed by atoms with Crippen LogP contribution in [0.4, 0.5) is 0 Å². The number of hydrogen-bond donors (Lipinski definition) is 2. The number of thioether (sulfide) groups is 1. The van der Waals surface area contributed by atoms with E-state index in [2.05, 4.69) is 20.1 Å². The van der Waals surface area contributed by atoms with Gasteiger partial charge in [0.05, 0.1) is 0 Å². The van der Waals surface area contributed by atoms with Crippen LogP contribution in [0.1, 0.15) is 31.0 Å². The summed E-state index contributed by atoms with van der Waals surface area (Å²) in [6.07, 6.45) is 3.21. The third kappa shape index (κ3) is 3.20. The van der Waals surface area contributed by atoms with Crippen molar-refractivity contribution >= 4 is 11.8 Å². The molecule has 1 fully saturated rings. The third-order valence-corrected chi connectivity index (χ3v) is 4.17. The lowest BCUT2D eigenvalue weighted by molar-refractivity contribution is 0.296.